The number of rotatable bonds is 5. The normalized spacial score (nSPS) is 15.3. The van der Waals surface area contributed by atoms with Gasteiger partial charge in [0.25, 0.3) is 0 Å². The molecule has 6 nitrogen and oxygen atoms in total. The number of hydrazine groups is 1. The summed E-state index contributed by atoms with van der Waals surface area (Å²) in [6.45, 7) is -0.429. The number of carbonyl (C=O) groups is 1. The molecule has 1 amide bonds. The first-order valence-corrected chi connectivity index (χ1v) is 3.56. The van der Waals surface area contributed by atoms with E-state index < -0.39 is 24.7 Å². The molecule has 0 saturated carbocycles. The smallest absolute Gasteiger partial charge is 0.236 e. The van der Waals surface area contributed by atoms with Gasteiger partial charge in [-0.15, -0.1) is 0 Å². The number of aliphatic hydroxyl groups excluding tert-OH is 3. The fourth-order valence-electron chi connectivity index (χ4n) is 0.745. The summed E-state index contributed by atoms with van der Waals surface area (Å²) in [5.41, 5.74) is 1.84. The predicted octanol–water partition coefficient (Wildman–Crippen LogP) is -2.53. The van der Waals surface area contributed by atoms with Crippen molar-refractivity contribution in [2.75, 3.05) is 6.61 Å². The lowest BCUT2D eigenvalue weighted by molar-refractivity contribution is -0.123. The van der Waals surface area contributed by atoms with Crippen LogP contribution in [0.25, 0.3) is 0 Å². The summed E-state index contributed by atoms with van der Waals surface area (Å²) in [6, 6.07) is 0. The molecular weight excluding hydrogens is 164 g/mol. The molecule has 0 aliphatic heterocycles. The monoisotopic (exact) mass is 178 g/mol. The predicted molar refractivity (Wildman–Crippen MR) is 40.7 cm³/mol. The third-order valence-corrected chi connectivity index (χ3v) is 1.34. The molecule has 0 aromatic rings. The van der Waals surface area contributed by atoms with Gasteiger partial charge < -0.3 is 15.3 Å². The highest BCUT2D eigenvalue weighted by atomic mass is 16.3. The van der Waals surface area contributed by atoms with Crippen molar-refractivity contribution >= 4 is 5.91 Å². The molecular formula is C6H14N2O4. The number of aliphatic hydroxyl groups is 3. The quantitative estimate of drug-likeness (QED) is 0.181. The number of hydrogen-bond acceptors (Lipinski definition) is 5. The second-order valence-corrected chi connectivity index (χ2v) is 2.50. The number of amides is 1. The lowest BCUT2D eigenvalue weighted by Crippen LogP contribution is -2.34. The van der Waals surface area contributed by atoms with Gasteiger partial charge in [0, 0.05) is 6.42 Å². The summed E-state index contributed by atoms with van der Waals surface area (Å²) in [7, 11) is 0. The summed E-state index contributed by atoms with van der Waals surface area (Å²) < 4.78 is 0. The molecule has 0 rings (SSSR count). The Labute approximate surface area is 70.0 Å². The summed E-state index contributed by atoms with van der Waals surface area (Å²) in [5.74, 6) is 4.25. The average molecular weight is 178 g/mol. The highest BCUT2D eigenvalue weighted by molar-refractivity contribution is 5.75. The zero-order valence-electron chi connectivity index (χ0n) is 6.60. The van der Waals surface area contributed by atoms with E-state index in [1.54, 1.807) is 0 Å². The van der Waals surface area contributed by atoms with Crippen LogP contribution < -0.4 is 11.3 Å². The van der Waals surface area contributed by atoms with E-state index in [0.29, 0.717) is 0 Å². The van der Waals surface area contributed by atoms with Crippen LogP contribution in [0.4, 0.5) is 0 Å². The molecule has 2 atom stereocenters. The first kappa shape index (κ1) is 11.3. The zero-order valence-corrected chi connectivity index (χ0v) is 6.60. The molecule has 72 valence electrons. The van der Waals surface area contributed by atoms with Crippen molar-refractivity contribution in [3.63, 3.8) is 0 Å². The van der Waals surface area contributed by atoms with Crippen LogP contribution in [-0.4, -0.2) is 40.0 Å². The van der Waals surface area contributed by atoms with Crippen molar-refractivity contribution in [2.45, 2.75) is 25.0 Å². The van der Waals surface area contributed by atoms with E-state index in [2.05, 4.69) is 0 Å². The molecule has 0 heterocycles. The Kier molecular flexibility index (Phi) is 5.56. The SMILES string of the molecule is NNC(=O)CC(O)CC(O)CO. The summed E-state index contributed by atoms with van der Waals surface area (Å²) in [6.07, 6.45) is -2.18. The molecule has 0 aromatic heterocycles. The summed E-state index contributed by atoms with van der Waals surface area (Å²) in [5, 5.41) is 26.3. The molecule has 0 fully saturated rings. The first-order chi connectivity index (χ1) is 5.60. The number of nitrogens with one attached hydrogen (secondary N) is 1. The molecule has 0 bridgehead atoms. The zero-order chi connectivity index (χ0) is 9.56. The lowest BCUT2D eigenvalue weighted by Gasteiger charge is -2.12. The van der Waals surface area contributed by atoms with E-state index >= 15 is 0 Å². The number of nitrogens with two attached hydrogens (primary N) is 1. The van der Waals surface area contributed by atoms with Crippen molar-refractivity contribution in [1.29, 1.82) is 0 Å². The van der Waals surface area contributed by atoms with Crippen molar-refractivity contribution in [1.82, 2.24) is 5.43 Å². The Morgan fingerprint density at radius 2 is 2.00 bits per heavy atom. The summed E-state index contributed by atoms with van der Waals surface area (Å²) in [4.78, 5) is 10.6. The van der Waals surface area contributed by atoms with Gasteiger partial charge in [-0.3, -0.25) is 10.2 Å². The van der Waals surface area contributed by atoms with Crippen LogP contribution in [0.3, 0.4) is 0 Å². The van der Waals surface area contributed by atoms with Crippen LogP contribution in [0.5, 0.6) is 0 Å². The van der Waals surface area contributed by atoms with Crippen LogP contribution in [-0.2, 0) is 4.79 Å². The third-order valence-electron chi connectivity index (χ3n) is 1.34. The topological polar surface area (TPSA) is 116 Å². The van der Waals surface area contributed by atoms with Gasteiger partial charge in [-0.1, -0.05) is 0 Å². The Balaban J connectivity index is 3.58. The molecule has 6 heteroatoms. The molecule has 12 heavy (non-hydrogen) atoms. The van der Waals surface area contributed by atoms with E-state index in [1.165, 1.54) is 0 Å². The maximum Gasteiger partial charge on any atom is 0.236 e. The fraction of sp³-hybridized carbons (Fsp3) is 0.833. The Morgan fingerprint density at radius 3 is 2.42 bits per heavy atom. The molecule has 0 aliphatic rings. The van der Waals surface area contributed by atoms with Gasteiger partial charge in [-0.05, 0) is 0 Å². The largest absolute Gasteiger partial charge is 0.394 e. The van der Waals surface area contributed by atoms with E-state index in [1.807, 2.05) is 5.43 Å². The molecule has 0 saturated heterocycles. The van der Waals surface area contributed by atoms with Crippen LogP contribution in [0, 0.1) is 0 Å². The molecule has 6 N–H and O–H groups in total. The lowest BCUT2D eigenvalue weighted by atomic mass is 10.1. The second-order valence-electron chi connectivity index (χ2n) is 2.50. The van der Waals surface area contributed by atoms with Crippen molar-refractivity contribution in [3.05, 3.63) is 0 Å². The molecule has 2 unspecified atom stereocenters. The van der Waals surface area contributed by atoms with E-state index in [0.717, 1.165) is 0 Å². The highest BCUT2D eigenvalue weighted by Crippen LogP contribution is 2.01. The Hall–Kier alpha value is -0.690. The standard InChI is InChI=1S/C6H14N2O4/c7-8-6(12)2-4(10)1-5(11)3-9/h4-5,9-11H,1-3,7H2,(H,8,12). The Morgan fingerprint density at radius 1 is 1.42 bits per heavy atom. The minimum absolute atomic E-state index is 0.0378. The minimum atomic E-state index is -0.995. The van der Waals surface area contributed by atoms with Gasteiger partial charge in [-0.25, -0.2) is 5.84 Å². The average Bonchev–Trinajstić information content (AvgIpc) is 2.03. The van der Waals surface area contributed by atoms with E-state index in [4.69, 9.17) is 21.2 Å². The number of carbonyl (C=O) groups excluding carboxylic acids is 1. The van der Waals surface area contributed by atoms with Crippen molar-refractivity contribution < 1.29 is 20.1 Å². The van der Waals surface area contributed by atoms with Gasteiger partial charge >= 0.3 is 0 Å². The van der Waals surface area contributed by atoms with Crippen LogP contribution in [0.15, 0.2) is 0 Å². The van der Waals surface area contributed by atoms with Gasteiger partial charge in [0.1, 0.15) is 0 Å². The second kappa shape index (κ2) is 5.90. The molecule has 0 aromatic carbocycles. The molecule has 0 radical (unpaired) electrons. The van der Waals surface area contributed by atoms with Gasteiger partial charge in [0.2, 0.25) is 5.91 Å². The highest BCUT2D eigenvalue weighted by Gasteiger charge is 2.13. The van der Waals surface area contributed by atoms with Crippen molar-refractivity contribution in [3.8, 4) is 0 Å². The van der Waals surface area contributed by atoms with Crippen LogP contribution in [0.1, 0.15) is 12.8 Å². The maximum atomic E-state index is 10.6. The third kappa shape index (κ3) is 5.03. The van der Waals surface area contributed by atoms with Gasteiger partial charge in [-0.2, -0.15) is 0 Å². The molecule has 0 spiro atoms. The van der Waals surface area contributed by atoms with Gasteiger partial charge in [0.15, 0.2) is 0 Å². The first-order valence-electron chi connectivity index (χ1n) is 3.56. The van der Waals surface area contributed by atoms with E-state index in [-0.39, 0.29) is 12.8 Å². The van der Waals surface area contributed by atoms with E-state index in [9.17, 15) is 4.79 Å². The van der Waals surface area contributed by atoms with Crippen LogP contribution >= 0.6 is 0 Å². The maximum absolute atomic E-state index is 10.6. The summed E-state index contributed by atoms with van der Waals surface area (Å²) >= 11 is 0. The number of hydrogen-bond donors (Lipinski definition) is 5. The fourth-order valence-corrected chi connectivity index (χ4v) is 0.745. The minimum Gasteiger partial charge on any atom is -0.394 e. The Bertz CT molecular complexity index is 142. The molecule has 0 aliphatic carbocycles. The van der Waals surface area contributed by atoms with Gasteiger partial charge in [0.05, 0.1) is 25.2 Å². The van der Waals surface area contributed by atoms with Crippen LogP contribution in [0.2, 0.25) is 0 Å². The van der Waals surface area contributed by atoms with Crippen molar-refractivity contribution in [2.24, 2.45) is 5.84 Å².